The minimum atomic E-state index is -3.54. The van der Waals surface area contributed by atoms with Gasteiger partial charge in [0.2, 0.25) is 15.9 Å². The second kappa shape index (κ2) is 11.7. The molecule has 0 radical (unpaired) electrons. The summed E-state index contributed by atoms with van der Waals surface area (Å²) in [6.07, 6.45) is 1.02. The summed E-state index contributed by atoms with van der Waals surface area (Å²) in [7, 11) is -3.54. The Morgan fingerprint density at radius 3 is 1.91 bits per heavy atom. The number of sulfonamides is 1. The lowest BCUT2D eigenvalue weighted by Gasteiger charge is -2.33. The van der Waals surface area contributed by atoms with E-state index in [1.165, 1.54) is 4.31 Å². The van der Waals surface area contributed by atoms with Crippen molar-refractivity contribution in [3.8, 4) is 0 Å². The number of para-hydroxylation sites is 1. The van der Waals surface area contributed by atoms with Gasteiger partial charge in [0.05, 0.1) is 11.4 Å². The number of hydrogen-bond donors (Lipinski definition) is 1. The van der Waals surface area contributed by atoms with Crippen LogP contribution in [0.2, 0.25) is 0 Å². The number of amides is 1. The first-order chi connectivity index (χ1) is 16.5. The Hall–Kier alpha value is -2.22. The van der Waals surface area contributed by atoms with Crippen LogP contribution in [0, 0.1) is 0 Å². The predicted octanol–water partition coefficient (Wildman–Crippen LogP) is 5.39. The van der Waals surface area contributed by atoms with E-state index >= 15 is 0 Å². The van der Waals surface area contributed by atoms with Crippen LogP contribution in [0.3, 0.4) is 0 Å². The van der Waals surface area contributed by atoms with Crippen LogP contribution in [0.5, 0.6) is 0 Å². The van der Waals surface area contributed by atoms with Crippen LogP contribution < -0.4 is 5.32 Å². The number of benzene rings is 2. The lowest BCUT2D eigenvalue weighted by molar-refractivity contribution is -0.117. The number of carbonyl (C=O) groups is 1. The van der Waals surface area contributed by atoms with Gasteiger partial charge < -0.3 is 5.32 Å². The van der Waals surface area contributed by atoms with E-state index < -0.39 is 10.0 Å². The second-order valence-corrected chi connectivity index (χ2v) is 12.2. The van der Waals surface area contributed by atoms with Gasteiger partial charge in [0.25, 0.3) is 0 Å². The highest BCUT2D eigenvalue weighted by Crippen LogP contribution is 2.32. The lowest BCUT2D eigenvalue weighted by Crippen LogP contribution is -2.50. The molecule has 0 bridgehead atoms. The van der Waals surface area contributed by atoms with Gasteiger partial charge in [0.15, 0.2) is 0 Å². The Morgan fingerprint density at radius 1 is 0.886 bits per heavy atom. The monoisotopic (exact) mass is 499 g/mol. The van der Waals surface area contributed by atoms with E-state index in [2.05, 4.69) is 65.1 Å². The van der Waals surface area contributed by atoms with Crippen molar-refractivity contribution in [1.82, 2.24) is 9.21 Å². The summed E-state index contributed by atoms with van der Waals surface area (Å²) in [5, 5.41) is 3.16. The van der Waals surface area contributed by atoms with Gasteiger partial charge in [-0.15, -0.1) is 0 Å². The molecule has 1 N–H and O–H groups in total. The Kier molecular flexibility index (Phi) is 9.13. The van der Waals surface area contributed by atoms with Crippen LogP contribution in [-0.4, -0.2) is 56.3 Å². The SMILES string of the molecule is CC[C@H](C)c1ccc(S(=O)(=O)N2CCN(CC(=O)Nc3c(C(C)C)cccc3C(C)C)CC2)cc1. The molecule has 1 amide bonds. The van der Waals surface area contributed by atoms with E-state index in [4.69, 9.17) is 0 Å². The van der Waals surface area contributed by atoms with Gasteiger partial charge in [-0.1, -0.05) is 71.9 Å². The first-order valence-electron chi connectivity index (χ1n) is 12.8. The van der Waals surface area contributed by atoms with Gasteiger partial charge in [-0.3, -0.25) is 9.69 Å². The van der Waals surface area contributed by atoms with E-state index in [9.17, 15) is 13.2 Å². The highest BCUT2D eigenvalue weighted by atomic mass is 32.2. The maximum absolute atomic E-state index is 13.1. The van der Waals surface area contributed by atoms with Gasteiger partial charge >= 0.3 is 0 Å². The van der Waals surface area contributed by atoms with E-state index in [0.29, 0.717) is 48.8 Å². The fourth-order valence-electron chi connectivity index (χ4n) is 4.56. The van der Waals surface area contributed by atoms with Gasteiger partial charge in [-0.05, 0) is 53.0 Å². The maximum Gasteiger partial charge on any atom is 0.243 e. The Labute approximate surface area is 211 Å². The third-order valence-electron chi connectivity index (χ3n) is 7.04. The molecule has 2 aromatic carbocycles. The zero-order valence-electron chi connectivity index (χ0n) is 22.0. The molecule has 1 atom stereocenters. The van der Waals surface area contributed by atoms with E-state index in [-0.39, 0.29) is 12.5 Å². The number of piperazine rings is 1. The molecule has 1 aliphatic rings. The minimum absolute atomic E-state index is 0.0584. The quantitative estimate of drug-likeness (QED) is 0.502. The molecule has 3 rings (SSSR count). The molecule has 0 saturated carbocycles. The zero-order chi connectivity index (χ0) is 25.8. The summed E-state index contributed by atoms with van der Waals surface area (Å²) in [6.45, 7) is 14.9. The normalized spacial score (nSPS) is 16.6. The van der Waals surface area contributed by atoms with Crippen molar-refractivity contribution in [2.75, 3.05) is 38.0 Å². The Balaban J connectivity index is 1.61. The summed E-state index contributed by atoms with van der Waals surface area (Å²) >= 11 is 0. The fraction of sp³-hybridized carbons (Fsp3) is 0.536. The molecule has 6 nitrogen and oxygen atoms in total. The largest absolute Gasteiger partial charge is 0.324 e. The number of rotatable bonds is 9. The van der Waals surface area contributed by atoms with E-state index in [0.717, 1.165) is 28.8 Å². The highest BCUT2D eigenvalue weighted by molar-refractivity contribution is 7.89. The van der Waals surface area contributed by atoms with Gasteiger partial charge in [-0.2, -0.15) is 4.31 Å². The lowest BCUT2D eigenvalue weighted by atomic mass is 9.92. The first-order valence-corrected chi connectivity index (χ1v) is 14.2. The van der Waals surface area contributed by atoms with Crippen LogP contribution in [0.15, 0.2) is 47.4 Å². The number of anilines is 1. The van der Waals surface area contributed by atoms with Crippen LogP contribution in [-0.2, 0) is 14.8 Å². The third-order valence-corrected chi connectivity index (χ3v) is 8.95. The van der Waals surface area contributed by atoms with Crippen molar-refractivity contribution in [2.24, 2.45) is 0 Å². The van der Waals surface area contributed by atoms with Crippen LogP contribution >= 0.6 is 0 Å². The average Bonchev–Trinajstić information content (AvgIpc) is 2.83. The van der Waals surface area contributed by atoms with Crippen molar-refractivity contribution >= 4 is 21.6 Å². The van der Waals surface area contributed by atoms with Crippen LogP contribution in [0.25, 0.3) is 0 Å². The van der Waals surface area contributed by atoms with Crippen LogP contribution in [0.4, 0.5) is 5.69 Å². The molecular weight excluding hydrogens is 458 g/mol. The smallest absolute Gasteiger partial charge is 0.243 e. The van der Waals surface area contributed by atoms with Gasteiger partial charge in [0.1, 0.15) is 0 Å². The topological polar surface area (TPSA) is 69.7 Å². The molecule has 1 aliphatic heterocycles. The van der Waals surface area contributed by atoms with Gasteiger partial charge in [0, 0.05) is 31.9 Å². The summed E-state index contributed by atoms with van der Waals surface area (Å²) in [5.41, 5.74) is 4.35. The molecule has 35 heavy (non-hydrogen) atoms. The Morgan fingerprint density at radius 2 is 1.43 bits per heavy atom. The number of hydrogen-bond acceptors (Lipinski definition) is 4. The maximum atomic E-state index is 13.1. The standard InChI is InChI=1S/C28H41N3O3S/c1-7-22(6)23-11-13-24(14-12-23)35(33,34)31-17-15-30(16-18-31)19-27(32)29-28-25(20(2)3)9-8-10-26(28)21(4)5/h8-14,20-22H,7,15-19H2,1-6H3,(H,29,32)/t22-/m0/s1. The number of carbonyl (C=O) groups excluding carboxylic acids is 1. The molecule has 7 heteroatoms. The first kappa shape index (κ1) is 27.4. The fourth-order valence-corrected chi connectivity index (χ4v) is 5.98. The Bertz CT molecular complexity index is 1080. The summed E-state index contributed by atoms with van der Waals surface area (Å²) in [6, 6.07) is 13.5. The second-order valence-electron chi connectivity index (χ2n) is 10.2. The molecular formula is C28H41N3O3S. The molecule has 0 spiro atoms. The molecule has 0 aromatic heterocycles. The molecule has 1 heterocycles. The molecule has 1 saturated heterocycles. The minimum Gasteiger partial charge on any atom is -0.324 e. The van der Waals surface area contributed by atoms with Crippen molar-refractivity contribution < 1.29 is 13.2 Å². The number of nitrogens with zero attached hydrogens (tertiary/aromatic N) is 2. The summed E-state index contributed by atoms with van der Waals surface area (Å²) in [4.78, 5) is 15.3. The average molecular weight is 500 g/mol. The zero-order valence-corrected chi connectivity index (χ0v) is 22.9. The summed E-state index contributed by atoms with van der Waals surface area (Å²) in [5.74, 6) is 0.955. The molecule has 1 fully saturated rings. The molecule has 192 valence electrons. The van der Waals surface area contributed by atoms with Crippen molar-refractivity contribution in [3.05, 3.63) is 59.2 Å². The van der Waals surface area contributed by atoms with Crippen LogP contribution in [0.1, 0.15) is 82.4 Å². The molecule has 0 aliphatic carbocycles. The summed E-state index contributed by atoms with van der Waals surface area (Å²) < 4.78 is 27.8. The van der Waals surface area contributed by atoms with E-state index in [1.54, 1.807) is 12.1 Å². The number of nitrogens with one attached hydrogen (secondary N) is 1. The molecule has 0 unspecified atom stereocenters. The van der Waals surface area contributed by atoms with Crippen molar-refractivity contribution in [1.29, 1.82) is 0 Å². The highest BCUT2D eigenvalue weighted by Gasteiger charge is 2.29. The van der Waals surface area contributed by atoms with Crippen molar-refractivity contribution in [2.45, 2.75) is 70.6 Å². The van der Waals surface area contributed by atoms with Crippen molar-refractivity contribution in [3.63, 3.8) is 0 Å². The van der Waals surface area contributed by atoms with E-state index in [1.807, 2.05) is 17.0 Å². The third kappa shape index (κ3) is 6.51. The van der Waals surface area contributed by atoms with Gasteiger partial charge in [-0.25, -0.2) is 8.42 Å². The predicted molar refractivity (Wildman–Crippen MR) is 144 cm³/mol. The molecule has 2 aromatic rings.